The van der Waals surface area contributed by atoms with Crippen molar-refractivity contribution >= 4 is 56.5 Å². The van der Waals surface area contributed by atoms with Gasteiger partial charge in [0.15, 0.2) is 6.10 Å². The molecule has 1 unspecified atom stereocenters. The fourth-order valence-electron chi connectivity index (χ4n) is 2.89. The number of ether oxygens (including phenoxy) is 2. The zero-order valence-corrected chi connectivity index (χ0v) is 19.2. The molecule has 0 bridgehead atoms. The number of anilines is 1. The highest BCUT2D eigenvalue weighted by Crippen LogP contribution is 2.31. The van der Waals surface area contributed by atoms with E-state index >= 15 is 0 Å². The van der Waals surface area contributed by atoms with E-state index in [0.717, 1.165) is 21.7 Å². The maximum Gasteiger partial charge on any atom is 0.266 e. The number of amides is 1. The van der Waals surface area contributed by atoms with Gasteiger partial charge in [-0.2, -0.15) is 9.78 Å². The van der Waals surface area contributed by atoms with Gasteiger partial charge in [0.1, 0.15) is 17.3 Å². The van der Waals surface area contributed by atoms with Crippen LogP contribution in [0.25, 0.3) is 15.3 Å². The number of nitrogens with zero attached hydrogens (tertiary/aromatic N) is 3. The Hall–Kier alpha value is -2.81. The van der Waals surface area contributed by atoms with Crippen molar-refractivity contribution in [3.63, 3.8) is 0 Å². The van der Waals surface area contributed by atoms with Crippen LogP contribution in [-0.2, 0) is 4.79 Å². The summed E-state index contributed by atoms with van der Waals surface area (Å²) >= 11 is 13.5. The topological polar surface area (TPSA) is 78.3 Å². The molecular weight excluding hydrogens is 459 g/mol. The highest BCUT2D eigenvalue weighted by atomic mass is 35.5. The summed E-state index contributed by atoms with van der Waals surface area (Å²) in [6, 6.07) is 12.2. The van der Waals surface area contributed by atoms with E-state index in [9.17, 15) is 4.79 Å². The first-order valence-electron chi connectivity index (χ1n) is 9.28. The number of carbonyl (C=O) groups excluding carboxylic acids is 1. The second kappa shape index (κ2) is 8.74. The molecule has 2 aromatic heterocycles. The van der Waals surface area contributed by atoms with Gasteiger partial charge in [-0.3, -0.25) is 4.79 Å². The molecule has 4 aromatic rings. The minimum atomic E-state index is -0.804. The normalized spacial score (nSPS) is 12.0. The molecular formula is C21H18Cl2N4O3S. The van der Waals surface area contributed by atoms with E-state index in [1.54, 1.807) is 43.0 Å². The fourth-order valence-corrected chi connectivity index (χ4v) is 4.30. The molecule has 2 heterocycles. The van der Waals surface area contributed by atoms with E-state index in [-0.39, 0.29) is 5.91 Å². The third kappa shape index (κ3) is 4.61. The first kappa shape index (κ1) is 21.4. The van der Waals surface area contributed by atoms with Gasteiger partial charge >= 0.3 is 0 Å². The second-order valence-corrected chi connectivity index (χ2v) is 8.59. The molecule has 1 N–H and O–H groups in total. The monoisotopic (exact) mass is 476 g/mol. The molecule has 31 heavy (non-hydrogen) atoms. The van der Waals surface area contributed by atoms with E-state index in [1.165, 1.54) is 11.3 Å². The first-order chi connectivity index (χ1) is 14.8. The van der Waals surface area contributed by atoms with Crippen LogP contribution in [0.15, 0.2) is 42.5 Å². The van der Waals surface area contributed by atoms with Crippen molar-refractivity contribution in [1.29, 1.82) is 0 Å². The Kier molecular flexibility index (Phi) is 6.04. The van der Waals surface area contributed by atoms with Crippen LogP contribution in [0.3, 0.4) is 0 Å². The summed E-state index contributed by atoms with van der Waals surface area (Å²) in [6.45, 7) is 3.48. The Labute approximate surface area is 192 Å². The van der Waals surface area contributed by atoms with Crippen molar-refractivity contribution < 1.29 is 14.3 Å². The Morgan fingerprint density at radius 3 is 2.74 bits per heavy atom. The molecule has 0 saturated heterocycles. The zero-order chi connectivity index (χ0) is 22.1. The maximum atomic E-state index is 12.8. The molecule has 1 amide bonds. The van der Waals surface area contributed by atoms with Crippen molar-refractivity contribution in [2.24, 2.45) is 0 Å². The summed E-state index contributed by atoms with van der Waals surface area (Å²) in [5.74, 6) is 1.26. The summed E-state index contributed by atoms with van der Waals surface area (Å²) in [4.78, 5) is 17.4. The van der Waals surface area contributed by atoms with Crippen molar-refractivity contribution in [3.05, 3.63) is 58.2 Å². The van der Waals surface area contributed by atoms with Crippen LogP contribution >= 0.6 is 34.5 Å². The molecule has 10 heteroatoms. The number of aromatic nitrogens is 3. The summed E-state index contributed by atoms with van der Waals surface area (Å²) in [5, 5.41) is 8.78. The number of benzene rings is 2. The van der Waals surface area contributed by atoms with E-state index in [1.807, 2.05) is 25.1 Å². The van der Waals surface area contributed by atoms with Crippen LogP contribution in [0.4, 0.5) is 5.82 Å². The summed E-state index contributed by atoms with van der Waals surface area (Å²) in [7, 11) is 1.62. The Bertz CT molecular complexity index is 1270. The Morgan fingerprint density at radius 1 is 1.19 bits per heavy atom. The number of fused-ring (bicyclic) bond motifs is 1. The largest absolute Gasteiger partial charge is 0.497 e. The van der Waals surface area contributed by atoms with Crippen LogP contribution in [0, 0.1) is 6.92 Å². The predicted molar refractivity (Wildman–Crippen MR) is 123 cm³/mol. The van der Waals surface area contributed by atoms with Crippen LogP contribution < -0.4 is 14.8 Å². The van der Waals surface area contributed by atoms with Gasteiger partial charge in [-0.1, -0.05) is 34.5 Å². The molecule has 2 aromatic carbocycles. The lowest BCUT2D eigenvalue weighted by Crippen LogP contribution is -2.31. The number of thiazole rings is 1. The third-order valence-electron chi connectivity index (χ3n) is 4.42. The number of halogens is 2. The fraction of sp³-hybridized carbons (Fsp3) is 0.190. The maximum absolute atomic E-state index is 12.8. The van der Waals surface area contributed by atoms with Gasteiger partial charge in [0.25, 0.3) is 5.91 Å². The lowest BCUT2D eigenvalue weighted by Gasteiger charge is -2.16. The average Bonchev–Trinajstić information content (AvgIpc) is 3.32. The van der Waals surface area contributed by atoms with Gasteiger partial charge in [0.05, 0.1) is 28.0 Å². The highest BCUT2D eigenvalue weighted by Gasteiger charge is 2.20. The molecule has 4 rings (SSSR count). The lowest BCUT2D eigenvalue weighted by molar-refractivity contribution is -0.122. The highest BCUT2D eigenvalue weighted by molar-refractivity contribution is 7.20. The number of carbonyl (C=O) groups is 1. The van der Waals surface area contributed by atoms with E-state index in [4.69, 9.17) is 32.7 Å². The van der Waals surface area contributed by atoms with Gasteiger partial charge in [0, 0.05) is 11.1 Å². The Morgan fingerprint density at radius 2 is 2.00 bits per heavy atom. The molecule has 0 aliphatic heterocycles. The first-order valence-corrected chi connectivity index (χ1v) is 10.9. The lowest BCUT2D eigenvalue weighted by atomic mass is 10.3. The minimum absolute atomic E-state index is 0.331. The molecule has 1 atom stereocenters. The standard InChI is InChI=1S/C21H18Cl2N4O3S/c1-11-8-19(25-20(28)12(2)30-17-7-4-13(22)9-15(17)23)27(26-11)21-24-16-6-5-14(29-3)10-18(16)31-21/h4-10,12H,1-3H3,(H,25,28). The molecule has 0 spiro atoms. The van der Waals surface area contributed by atoms with E-state index < -0.39 is 6.10 Å². The van der Waals surface area contributed by atoms with Crippen molar-refractivity contribution in [2.45, 2.75) is 20.0 Å². The molecule has 0 radical (unpaired) electrons. The van der Waals surface area contributed by atoms with E-state index in [2.05, 4.69) is 15.4 Å². The summed E-state index contributed by atoms with van der Waals surface area (Å²) < 4.78 is 13.5. The molecule has 0 saturated carbocycles. The van der Waals surface area contributed by atoms with Crippen molar-refractivity contribution in [1.82, 2.24) is 14.8 Å². The van der Waals surface area contributed by atoms with Crippen LogP contribution in [0.1, 0.15) is 12.6 Å². The number of rotatable bonds is 6. The molecule has 0 fully saturated rings. The van der Waals surface area contributed by atoms with Gasteiger partial charge in [0.2, 0.25) is 5.13 Å². The summed E-state index contributed by atoms with van der Waals surface area (Å²) in [5.41, 5.74) is 1.56. The van der Waals surface area contributed by atoms with Crippen molar-refractivity contribution in [2.75, 3.05) is 12.4 Å². The molecule has 0 aliphatic carbocycles. The van der Waals surface area contributed by atoms with Gasteiger partial charge in [-0.05, 0) is 50.2 Å². The number of aryl methyl sites for hydroxylation is 1. The SMILES string of the molecule is COc1ccc2nc(-n3nc(C)cc3NC(=O)C(C)Oc3ccc(Cl)cc3Cl)sc2c1. The molecule has 160 valence electrons. The van der Waals surface area contributed by atoms with Crippen LogP contribution in [-0.4, -0.2) is 33.9 Å². The van der Waals surface area contributed by atoms with Crippen LogP contribution in [0.5, 0.6) is 11.5 Å². The minimum Gasteiger partial charge on any atom is -0.497 e. The smallest absolute Gasteiger partial charge is 0.266 e. The zero-order valence-electron chi connectivity index (χ0n) is 16.8. The molecule has 0 aliphatic rings. The van der Waals surface area contributed by atoms with Crippen LogP contribution in [0.2, 0.25) is 10.0 Å². The predicted octanol–water partition coefficient (Wildman–Crippen LogP) is 5.51. The number of methoxy groups -OCH3 is 1. The second-order valence-electron chi connectivity index (χ2n) is 6.74. The number of hydrogen-bond donors (Lipinski definition) is 1. The summed E-state index contributed by atoms with van der Waals surface area (Å²) in [6.07, 6.45) is -0.804. The van der Waals surface area contributed by atoms with Gasteiger partial charge in [-0.25, -0.2) is 4.98 Å². The average molecular weight is 477 g/mol. The van der Waals surface area contributed by atoms with Crippen molar-refractivity contribution in [3.8, 4) is 16.6 Å². The number of nitrogens with one attached hydrogen (secondary N) is 1. The molecule has 7 nitrogen and oxygen atoms in total. The Balaban J connectivity index is 1.56. The van der Waals surface area contributed by atoms with E-state index in [0.29, 0.717) is 26.7 Å². The van der Waals surface area contributed by atoms with Gasteiger partial charge < -0.3 is 14.8 Å². The van der Waals surface area contributed by atoms with Gasteiger partial charge in [-0.15, -0.1) is 0 Å². The number of hydrogen-bond acceptors (Lipinski definition) is 6. The quantitative estimate of drug-likeness (QED) is 0.396. The third-order valence-corrected chi connectivity index (χ3v) is 5.94.